The quantitative estimate of drug-likeness (QED) is 0.683. The molecule has 0 fully saturated rings. The van der Waals surface area contributed by atoms with Crippen LogP contribution in [-0.2, 0) is 0 Å². The summed E-state index contributed by atoms with van der Waals surface area (Å²) in [5.41, 5.74) is -0.258. The lowest BCUT2D eigenvalue weighted by Crippen LogP contribution is -2.05. The minimum Gasteiger partial charge on any atom is -0.475 e. The highest BCUT2D eigenvalue weighted by molar-refractivity contribution is 6.30. The van der Waals surface area contributed by atoms with Gasteiger partial charge in [0.25, 0.3) is 0 Å². The number of hydrogen-bond acceptors (Lipinski definition) is 1. The molecule has 0 aliphatic rings. The Kier molecular flexibility index (Phi) is 3.70. The van der Waals surface area contributed by atoms with Crippen LogP contribution >= 0.6 is 23.2 Å². The predicted octanol–water partition coefficient (Wildman–Crippen LogP) is 3.69. The molecule has 1 unspecified atom stereocenters. The first-order valence-electron chi connectivity index (χ1n) is 3.78. The van der Waals surface area contributed by atoms with E-state index in [-0.39, 0.29) is 5.56 Å². The average Bonchev–Trinajstić information content (AvgIpc) is 2.09. The maximum Gasteiger partial charge on any atom is 0.171 e. The van der Waals surface area contributed by atoms with E-state index in [4.69, 9.17) is 27.9 Å². The van der Waals surface area contributed by atoms with Gasteiger partial charge in [-0.3, -0.25) is 0 Å². The van der Waals surface area contributed by atoms with E-state index in [9.17, 15) is 0 Å². The maximum atomic E-state index is 5.78. The Labute approximate surface area is 82.2 Å². The standard InChI is InChI=1S/C9H10Cl2O/c1-2-9(11)12-8-5-3-7(10)4-6-8/h3-6,9H,2H2,1H3. The van der Waals surface area contributed by atoms with Crippen LogP contribution in [0.2, 0.25) is 5.02 Å². The van der Waals surface area contributed by atoms with Gasteiger partial charge >= 0.3 is 0 Å². The molecule has 0 aliphatic heterocycles. The van der Waals surface area contributed by atoms with Gasteiger partial charge in [-0.1, -0.05) is 30.1 Å². The maximum absolute atomic E-state index is 5.78. The highest BCUT2D eigenvalue weighted by atomic mass is 35.5. The molecule has 0 aliphatic carbocycles. The third-order valence-corrected chi connectivity index (χ3v) is 2.05. The van der Waals surface area contributed by atoms with Crippen molar-refractivity contribution >= 4 is 23.2 Å². The van der Waals surface area contributed by atoms with E-state index < -0.39 is 0 Å². The Morgan fingerprint density at radius 1 is 1.33 bits per heavy atom. The van der Waals surface area contributed by atoms with Crippen molar-refractivity contribution < 1.29 is 4.74 Å². The van der Waals surface area contributed by atoms with Crippen molar-refractivity contribution in [2.75, 3.05) is 0 Å². The van der Waals surface area contributed by atoms with Crippen LogP contribution in [0.25, 0.3) is 0 Å². The van der Waals surface area contributed by atoms with Gasteiger partial charge in [-0.2, -0.15) is 0 Å². The Morgan fingerprint density at radius 3 is 2.42 bits per heavy atom. The summed E-state index contributed by atoms with van der Waals surface area (Å²) in [6.07, 6.45) is 0.782. The van der Waals surface area contributed by atoms with Gasteiger partial charge < -0.3 is 4.74 Å². The summed E-state index contributed by atoms with van der Waals surface area (Å²) in [7, 11) is 0. The fourth-order valence-electron chi connectivity index (χ4n) is 0.744. The molecule has 0 heterocycles. The fourth-order valence-corrected chi connectivity index (χ4v) is 0.973. The SMILES string of the molecule is CCC(Cl)Oc1ccc(Cl)cc1. The van der Waals surface area contributed by atoms with E-state index in [1.54, 1.807) is 24.3 Å². The predicted molar refractivity (Wildman–Crippen MR) is 52.0 cm³/mol. The lowest BCUT2D eigenvalue weighted by atomic mass is 10.3. The summed E-state index contributed by atoms with van der Waals surface area (Å²) in [5, 5.41) is 0.699. The molecule has 0 spiro atoms. The van der Waals surface area contributed by atoms with E-state index in [0.717, 1.165) is 12.2 Å². The van der Waals surface area contributed by atoms with Crippen LogP contribution in [0.3, 0.4) is 0 Å². The van der Waals surface area contributed by atoms with Gasteiger partial charge in [0, 0.05) is 5.02 Å². The minimum absolute atomic E-state index is 0.258. The van der Waals surface area contributed by atoms with Crippen molar-refractivity contribution in [1.82, 2.24) is 0 Å². The second kappa shape index (κ2) is 4.58. The van der Waals surface area contributed by atoms with Gasteiger partial charge in [-0.25, -0.2) is 0 Å². The number of rotatable bonds is 3. The van der Waals surface area contributed by atoms with Crippen molar-refractivity contribution in [3.63, 3.8) is 0 Å². The Balaban J connectivity index is 2.58. The highest BCUT2D eigenvalue weighted by Crippen LogP contribution is 2.18. The highest BCUT2D eigenvalue weighted by Gasteiger charge is 2.01. The van der Waals surface area contributed by atoms with Crippen molar-refractivity contribution in [3.8, 4) is 5.75 Å². The smallest absolute Gasteiger partial charge is 0.171 e. The molecule has 0 bridgehead atoms. The van der Waals surface area contributed by atoms with Gasteiger partial charge in [0.1, 0.15) is 5.75 Å². The van der Waals surface area contributed by atoms with Gasteiger partial charge in [0.2, 0.25) is 0 Å². The van der Waals surface area contributed by atoms with Gasteiger partial charge in [0.05, 0.1) is 0 Å². The van der Waals surface area contributed by atoms with Crippen LogP contribution < -0.4 is 4.74 Å². The fraction of sp³-hybridized carbons (Fsp3) is 0.333. The summed E-state index contributed by atoms with van der Waals surface area (Å²) in [6.45, 7) is 1.97. The Bertz CT molecular complexity index is 233. The zero-order valence-electron chi connectivity index (χ0n) is 6.76. The molecule has 1 aromatic carbocycles. The Hall–Kier alpha value is -0.400. The molecule has 0 amide bonds. The van der Waals surface area contributed by atoms with Crippen LogP contribution in [0.1, 0.15) is 13.3 Å². The average molecular weight is 205 g/mol. The summed E-state index contributed by atoms with van der Waals surface area (Å²) < 4.78 is 5.33. The molecule has 66 valence electrons. The zero-order valence-corrected chi connectivity index (χ0v) is 8.27. The normalized spacial score (nSPS) is 12.6. The van der Waals surface area contributed by atoms with E-state index in [1.807, 2.05) is 6.92 Å². The Morgan fingerprint density at radius 2 is 1.92 bits per heavy atom. The molecular formula is C9H10Cl2O. The van der Waals surface area contributed by atoms with Crippen LogP contribution in [0, 0.1) is 0 Å². The summed E-state index contributed by atoms with van der Waals surface area (Å²) in [5.74, 6) is 0.751. The van der Waals surface area contributed by atoms with Gasteiger partial charge in [-0.15, -0.1) is 0 Å². The molecule has 12 heavy (non-hydrogen) atoms. The van der Waals surface area contributed by atoms with E-state index in [0.29, 0.717) is 5.02 Å². The molecule has 0 radical (unpaired) electrons. The molecule has 1 rings (SSSR count). The molecule has 1 atom stereocenters. The second-order valence-corrected chi connectivity index (χ2v) is 3.31. The lowest BCUT2D eigenvalue weighted by molar-refractivity contribution is 0.277. The van der Waals surface area contributed by atoms with Crippen molar-refractivity contribution in [2.24, 2.45) is 0 Å². The molecular weight excluding hydrogens is 195 g/mol. The van der Waals surface area contributed by atoms with Crippen LogP contribution in [0.15, 0.2) is 24.3 Å². The second-order valence-electron chi connectivity index (χ2n) is 2.39. The first-order valence-corrected chi connectivity index (χ1v) is 4.60. The molecule has 0 aromatic heterocycles. The molecule has 1 aromatic rings. The summed E-state index contributed by atoms with van der Waals surface area (Å²) in [6, 6.07) is 7.15. The van der Waals surface area contributed by atoms with Crippen molar-refractivity contribution in [3.05, 3.63) is 29.3 Å². The third kappa shape index (κ3) is 2.92. The summed E-state index contributed by atoms with van der Waals surface area (Å²) in [4.78, 5) is 0. The molecule has 3 heteroatoms. The van der Waals surface area contributed by atoms with Crippen molar-refractivity contribution in [1.29, 1.82) is 0 Å². The third-order valence-electron chi connectivity index (χ3n) is 1.40. The number of ether oxygens (including phenoxy) is 1. The number of benzene rings is 1. The van der Waals surface area contributed by atoms with E-state index >= 15 is 0 Å². The van der Waals surface area contributed by atoms with E-state index in [1.165, 1.54) is 0 Å². The molecule has 0 N–H and O–H groups in total. The van der Waals surface area contributed by atoms with E-state index in [2.05, 4.69) is 0 Å². The minimum atomic E-state index is -0.258. The monoisotopic (exact) mass is 204 g/mol. The molecule has 1 nitrogen and oxygen atoms in total. The van der Waals surface area contributed by atoms with Gasteiger partial charge in [0.15, 0.2) is 5.56 Å². The first-order chi connectivity index (χ1) is 5.72. The largest absolute Gasteiger partial charge is 0.475 e. The topological polar surface area (TPSA) is 9.23 Å². The number of hydrogen-bond donors (Lipinski definition) is 0. The van der Waals surface area contributed by atoms with Gasteiger partial charge in [-0.05, 0) is 30.7 Å². The number of alkyl halides is 1. The van der Waals surface area contributed by atoms with Crippen molar-refractivity contribution in [2.45, 2.75) is 18.9 Å². The molecule has 0 saturated carbocycles. The van der Waals surface area contributed by atoms with Crippen LogP contribution in [0.5, 0.6) is 5.75 Å². The number of halogens is 2. The lowest BCUT2D eigenvalue weighted by Gasteiger charge is -2.09. The molecule has 0 saturated heterocycles. The van der Waals surface area contributed by atoms with Crippen LogP contribution in [0.4, 0.5) is 0 Å². The zero-order chi connectivity index (χ0) is 8.97. The first kappa shape index (κ1) is 9.69. The summed E-state index contributed by atoms with van der Waals surface area (Å²) >= 11 is 11.5. The van der Waals surface area contributed by atoms with Crippen LogP contribution in [-0.4, -0.2) is 5.56 Å².